The van der Waals surface area contributed by atoms with E-state index in [2.05, 4.69) is 24.4 Å². The smallest absolute Gasteiger partial charge is 0.251 e. The van der Waals surface area contributed by atoms with Gasteiger partial charge in [0, 0.05) is 17.0 Å². The molecule has 2 rings (SSSR count). The Balaban J connectivity index is 1.90. The molecule has 0 aliphatic carbocycles. The number of rotatable bonds is 8. The summed E-state index contributed by atoms with van der Waals surface area (Å²) >= 11 is 1.71. The molecular weight excluding hydrogens is 306 g/mol. The highest BCUT2D eigenvalue weighted by Gasteiger charge is 2.06. The Bertz CT molecular complexity index is 626. The van der Waals surface area contributed by atoms with Gasteiger partial charge in [0.15, 0.2) is 0 Å². The van der Waals surface area contributed by atoms with E-state index in [0.717, 1.165) is 24.2 Å². The van der Waals surface area contributed by atoms with Gasteiger partial charge in [-0.2, -0.15) is 0 Å². The maximum absolute atomic E-state index is 12.3. The molecule has 4 heteroatoms. The van der Waals surface area contributed by atoms with E-state index in [9.17, 15) is 4.79 Å². The molecule has 0 fully saturated rings. The predicted molar refractivity (Wildman–Crippen MR) is 96.2 cm³/mol. The van der Waals surface area contributed by atoms with Gasteiger partial charge in [-0.05, 0) is 48.6 Å². The average Bonchev–Trinajstić information content (AvgIpc) is 2.60. The van der Waals surface area contributed by atoms with Gasteiger partial charge in [0.05, 0.1) is 6.61 Å². The summed E-state index contributed by atoms with van der Waals surface area (Å²) in [6.07, 6.45) is 4.16. The zero-order valence-corrected chi connectivity index (χ0v) is 14.5. The fraction of sp³-hybridized carbons (Fsp3) is 0.316. The molecule has 0 aromatic heterocycles. The lowest BCUT2D eigenvalue weighted by Crippen LogP contribution is -2.22. The highest BCUT2D eigenvalue weighted by atomic mass is 32.2. The molecule has 0 aliphatic heterocycles. The molecule has 23 heavy (non-hydrogen) atoms. The Labute approximate surface area is 142 Å². The van der Waals surface area contributed by atoms with Crippen molar-refractivity contribution in [1.82, 2.24) is 5.32 Å². The van der Waals surface area contributed by atoms with E-state index < -0.39 is 0 Å². The SMILES string of the molecule is CCCCOc1cccc(C(=O)NCc2ccc(SC)cc2)c1. The van der Waals surface area contributed by atoms with E-state index >= 15 is 0 Å². The lowest BCUT2D eigenvalue weighted by atomic mass is 10.2. The molecule has 1 N–H and O–H groups in total. The topological polar surface area (TPSA) is 38.3 Å². The third-order valence-electron chi connectivity index (χ3n) is 3.47. The van der Waals surface area contributed by atoms with Crippen LogP contribution >= 0.6 is 11.8 Å². The molecule has 0 unspecified atom stereocenters. The van der Waals surface area contributed by atoms with E-state index in [-0.39, 0.29) is 5.91 Å². The van der Waals surface area contributed by atoms with Crippen molar-refractivity contribution in [1.29, 1.82) is 0 Å². The van der Waals surface area contributed by atoms with Crippen LogP contribution in [-0.4, -0.2) is 18.8 Å². The maximum atomic E-state index is 12.3. The summed E-state index contributed by atoms with van der Waals surface area (Å²) in [5, 5.41) is 2.95. The van der Waals surface area contributed by atoms with Crippen LogP contribution in [0.2, 0.25) is 0 Å². The number of thioether (sulfide) groups is 1. The molecule has 2 aromatic carbocycles. The summed E-state index contributed by atoms with van der Waals surface area (Å²) < 4.78 is 5.64. The first-order valence-corrected chi connectivity index (χ1v) is 9.09. The number of unbranched alkanes of at least 4 members (excludes halogenated alkanes) is 1. The zero-order valence-electron chi connectivity index (χ0n) is 13.7. The van der Waals surface area contributed by atoms with Crippen molar-refractivity contribution in [2.75, 3.05) is 12.9 Å². The minimum Gasteiger partial charge on any atom is -0.494 e. The molecule has 0 atom stereocenters. The number of hydrogen-bond acceptors (Lipinski definition) is 3. The van der Waals surface area contributed by atoms with Crippen molar-refractivity contribution < 1.29 is 9.53 Å². The Kier molecular flexibility index (Phi) is 7.01. The lowest BCUT2D eigenvalue weighted by Gasteiger charge is -2.09. The van der Waals surface area contributed by atoms with Crippen molar-refractivity contribution in [3.63, 3.8) is 0 Å². The molecule has 0 aliphatic rings. The fourth-order valence-electron chi connectivity index (χ4n) is 2.09. The standard InChI is InChI=1S/C19H23NO2S/c1-3-4-12-22-17-7-5-6-16(13-17)19(21)20-14-15-8-10-18(23-2)11-9-15/h5-11,13H,3-4,12,14H2,1-2H3,(H,20,21). The largest absolute Gasteiger partial charge is 0.494 e. The minimum absolute atomic E-state index is 0.0834. The maximum Gasteiger partial charge on any atom is 0.251 e. The predicted octanol–water partition coefficient (Wildman–Crippen LogP) is 4.52. The van der Waals surface area contributed by atoms with E-state index in [1.807, 2.05) is 30.5 Å². The van der Waals surface area contributed by atoms with E-state index in [0.29, 0.717) is 18.7 Å². The molecule has 1 amide bonds. The van der Waals surface area contributed by atoms with Gasteiger partial charge in [0.1, 0.15) is 5.75 Å². The van der Waals surface area contributed by atoms with Crippen LogP contribution in [0.5, 0.6) is 5.75 Å². The number of carbonyl (C=O) groups is 1. The Morgan fingerprint density at radius 3 is 2.65 bits per heavy atom. The monoisotopic (exact) mass is 329 g/mol. The molecule has 122 valence electrons. The van der Waals surface area contributed by atoms with Gasteiger partial charge in [-0.25, -0.2) is 0 Å². The second kappa shape index (κ2) is 9.26. The minimum atomic E-state index is -0.0834. The first kappa shape index (κ1) is 17.4. The number of hydrogen-bond donors (Lipinski definition) is 1. The molecule has 2 aromatic rings. The van der Waals surface area contributed by atoms with Crippen LogP contribution in [-0.2, 0) is 6.54 Å². The van der Waals surface area contributed by atoms with Crippen LogP contribution in [0.25, 0.3) is 0 Å². The van der Waals surface area contributed by atoms with Crippen molar-refractivity contribution in [3.05, 3.63) is 59.7 Å². The van der Waals surface area contributed by atoms with Crippen LogP contribution in [0.15, 0.2) is 53.4 Å². The molecule has 3 nitrogen and oxygen atoms in total. The molecule has 0 radical (unpaired) electrons. The number of benzene rings is 2. The summed E-state index contributed by atoms with van der Waals surface area (Å²) in [5.41, 5.74) is 1.71. The Hall–Kier alpha value is -1.94. The summed E-state index contributed by atoms with van der Waals surface area (Å²) in [6, 6.07) is 15.5. The molecule has 0 saturated heterocycles. The third-order valence-corrected chi connectivity index (χ3v) is 4.22. The second-order valence-electron chi connectivity index (χ2n) is 5.26. The van der Waals surface area contributed by atoms with Gasteiger partial charge < -0.3 is 10.1 Å². The summed E-state index contributed by atoms with van der Waals surface area (Å²) in [4.78, 5) is 13.5. The zero-order chi connectivity index (χ0) is 16.5. The summed E-state index contributed by atoms with van der Waals surface area (Å²) in [6.45, 7) is 3.33. The second-order valence-corrected chi connectivity index (χ2v) is 6.14. The molecule has 0 heterocycles. The van der Waals surface area contributed by atoms with Crippen LogP contribution in [0.1, 0.15) is 35.7 Å². The van der Waals surface area contributed by atoms with E-state index in [1.165, 1.54) is 4.90 Å². The summed E-state index contributed by atoms with van der Waals surface area (Å²) in [7, 11) is 0. The average molecular weight is 329 g/mol. The molecule has 0 saturated carbocycles. The quantitative estimate of drug-likeness (QED) is 0.572. The normalized spacial score (nSPS) is 10.3. The van der Waals surface area contributed by atoms with Crippen molar-refractivity contribution >= 4 is 17.7 Å². The molecule has 0 spiro atoms. The van der Waals surface area contributed by atoms with Crippen LogP contribution in [0.4, 0.5) is 0 Å². The first-order valence-electron chi connectivity index (χ1n) is 7.87. The van der Waals surface area contributed by atoms with E-state index in [4.69, 9.17) is 4.74 Å². The first-order chi connectivity index (χ1) is 11.2. The van der Waals surface area contributed by atoms with Crippen LogP contribution in [0.3, 0.4) is 0 Å². The van der Waals surface area contributed by atoms with Crippen molar-refractivity contribution in [2.45, 2.75) is 31.2 Å². The van der Waals surface area contributed by atoms with Gasteiger partial charge in [0.25, 0.3) is 5.91 Å². The van der Waals surface area contributed by atoms with Crippen LogP contribution in [0, 0.1) is 0 Å². The highest BCUT2D eigenvalue weighted by molar-refractivity contribution is 7.98. The third kappa shape index (κ3) is 5.64. The van der Waals surface area contributed by atoms with Gasteiger partial charge in [-0.1, -0.05) is 31.5 Å². The number of nitrogens with one attached hydrogen (secondary N) is 1. The van der Waals surface area contributed by atoms with Gasteiger partial charge >= 0.3 is 0 Å². The Morgan fingerprint density at radius 1 is 1.17 bits per heavy atom. The van der Waals surface area contributed by atoms with Gasteiger partial charge in [-0.15, -0.1) is 11.8 Å². The number of amides is 1. The van der Waals surface area contributed by atoms with Crippen molar-refractivity contribution in [3.8, 4) is 5.75 Å². The fourth-order valence-corrected chi connectivity index (χ4v) is 2.50. The highest BCUT2D eigenvalue weighted by Crippen LogP contribution is 2.16. The van der Waals surface area contributed by atoms with Crippen LogP contribution < -0.4 is 10.1 Å². The lowest BCUT2D eigenvalue weighted by molar-refractivity contribution is 0.0950. The van der Waals surface area contributed by atoms with Gasteiger partial charge in [-0.3, -0.25) is 4.79 Å². The number of carbonyl (C=O) groups excluding carboxylic acids is 1. The van der Waals surface area contributed by atoms with E-state index in [1.54, 1.807) is 23.9 Å². The number of ether oxygens (including phenoxy) is 1. The van der Waals surface area contributed by atoms with Gasteiger partial charge in [0.2, 0.25) is 0 Å². The van der Waals surface area contributed by atoms with Crippen molar-refractivity contribution in [2.24, 2.45) is 0 Å². The molecule has 0 bridgehead atoms. The summed E-state index contributed by atoms with van der Waals surface area (Å²) in [5.74, 6) is 0.662. The Morgan fingerprint density at radius 2 is 1.96 bits per heavy atom. The molecular formula is C19H23NO2S.